The molecule has 4 aromatic rings. The summed E-state index contributed by atoms with van der Waals surface area (Å²) in [6.07, 6.45) is 5.38. The number of hydrogen-bond acceptors (Lipinski definition) is 3. The van der Waals surface area contributed by atoms with E-state index in [4.69, 9.17) is 0 Å². The van der Waals surface area contributed by atoms with Crippen molar-refractivity contribution in [3.8, 4) is 22.6 Å². The molecule has 0 aliphatic rings. The fourth-order valence-electron chi connectivity index (χ4n) is 2.61. The normalized spacial score (nSPS) is 11.0. The molecule has 106 valence electrons. The standard InChI is InChI=1S/C18H14N4/c1-12-8-14-9-13(5-6-15(14)20-10-12)17-18(22-11-21-17)16-4-2-3-7-19-16/h2-11H,1H3,(H,21,22). The van der Waals surface area contributed by atoms with Crippen LogP contribution in [0.1, 0.15) is 5.56 Å². The summed E-state index contributed by atoms with van der Waals surface area (Å²) in [4.78, 5) is 16.5. The van der Waals surface area contributed by atoms with Crippen molar-refractivity contribution in [3.63, 3.8) is 0 Å². The molecule has 0 atom stereocenters. The largest absolute Gasteiger partial charge is 0.343 e. The molecule has 1 aromatic carbocycles. The van der Waals surface area contributed by atoms with Gasteiger partial charge < -0.3 is 4.98 Å². The van der Waals surface area contributed by atoms with Crippen molar-refractivity contribution in [2.75, 3.05) is 0 Å². The molecule has 22 heavy (non-hydrogen) atoms. The van der Waals surface area contributed by atoms with Crippen LogP contribution in [0.4, 0.5) is 0 Å². The number of pyridine rings is 2. The molecule has 3 aromatic heterocycles. The van der Waals surface area contributed by atoms with E-state index in [1.165, 1.54) is 0 Å². The Morgan fingerprint density at radius 3 is 2.77 bits per heavy atom. The highest BCUT2D eigenvalue weighted by molar-refractivity contribution is 5.87. The zero-order chi connectivity index (χ0) is 14.9. The number of benzene rings is 1. The van der Waals surface area contributed by atoms with Gasteiger partial charge in [-0.3, -0.25) is 9.97 Å². The number of aryl methyl sites for hydroxylation is 1. The number of fused-ring (bicyclic) bond motifs is 1. The van der Waals surface area contributed by atoms with Crippen molar-refractivity contribution >= 4 is 10.9 Å². The average molecular weight is 286 g/mol. The van der Waals surface area contributed by atoms with Gasteiger partial charge in [0.1, 0.15) is 0 Å². The van der Waals surface area contributed by atoms with Crippen LogP contribution >= 0.6 is 0 Å². The quantitative estimate of drug-likeness (QED) is 0.606. The summed E-state index contributed by atoms with van der Waals surface area (Å²) in [5.41, 5.74) is 5.92. The summed E-state index contributed by atoms with van der Waals surface area (Å²) < 4.78 is 0. The maximum atomic E-state index is 4.48. The van der Waals surface area contributed by atoms with E-state index in [1.807, 2.05) is 43.5 Å². The number of H-pyrrole nitrogens is 1. The smallest absolute Gasteiger partial charge is 0.0977 e. The van der Waals surface area contributed by atoms with Crippen LogP contribution in [0.5, 0.6) is 0 Å². The SMILES string of the molecule is Cc1cnc2ccc(-c3nc[nH]c3-c3ccccn3)cc2c1. The molecule has 1 N–H and O–H groups in total. The number of aromatic amines is 1. The van der Waals surface area contributed by atoms with E-state index in [1.54, 1.807) is 12.5 Å². The Labute approximate surface area is 127 Å². The molecular formula is C18H14N4. The number of nitrogens with one attached hydrogen (secondary N) is 1. The third-order valence-electron chi connectivity index (χ3n) is 3.65. The lowest BCUT2D eigenvalue weighted by molar-refractivity contribution is 1.27. The molecule has 4 heteroatoms. The molecule has 4 rings (SSSR count). The molecule has 0 fully saturated rings. The minimum Gasteiger partial charge on any atom is -0.343 e. The van der Waals surface area contributed by atoms with E-state index in [2.05, 4.69) is 32.1 Å². The minimum absolute atomic E-state index is 0.887. The number of aromatic nitrogens is 4. The maximum absolute atomic E-state index is 4.48. The summed E-state index contributed by atoms with van der Waals surface area (Å²) in [6.45, 7) is 2.05. The van der Waals surface area contributed by atoms with Crippen LogP contribution in [0.2, 0.25) is 0 Å². The van der Waals surface area contributed by atoms with Crippen LogP contribution < -0.4 is 0 Å². The Morgan fingerprint density at radius 2 is 1.91 bits per heavy atom. The molecular weight excluding hydrogens is 272 g/mol. The molecule has 0 unspecified atom stereocenters. The van der Waals surface area contributed by atoms with Gasteiger partial charge in [-0.15, -0.1) is 0 Å². The Balaban J connectivity index is 1.88. The van der Waals surface area contributed by atoms with Gasteiger partial charge in [-0.1, -0.05) is 12.1 Å². The van der Waals surface area contributed by atoms with Crippen LogP contribution in [-0.4, -0.2) is 19.9 Å². The second-order valence-electron chi connectivity index (χ2n) is 5.26. The first-order chi connectivity index (χ1) is 10.8. The molecule has 0 aliphatic carbocycles. The molecule has 0 bridgehead atoms. The van der Waals surface area contributed by atoms with Crippen LogP contribution in [0.25, 0.3) is 33.5 Å². The summed E-state index contributed by atoms with van der Waals surface area (Å²) in [5, 5.41) is 1.12. The molecule has 3 heterocycles. The maximum Gasteiger partial charge on any atom is 0.0977 e. The van der Waals surface area contributed by atoms with Crippen molar-refractivity contribution < 1.29 is 0 Å². The van der Waals surface area contributed by atoms with Gasteiger partial charge in [0.2, 0.25) is 0 Å². The van der Waals surface area contributed by atoms with E-state index in [0.717, 1.165) is 39.1 Å². The minimum atomic E-state index is 0.887. The van der Waals surface area contributed by atoms with Crippen molar-refractivity contribution in [2.45, 2.75) is 6.92 Å². The summed E-state index contributed by atoms with van der Waals surface area (Å²) in [6, 6.07) is 14.2. The van der Waals surface area contributed by atoms with Crippen molar-refractivity contribution in [2.24, 2.45) is 0 Å². The van der Waals surface area contributed by atoms with Crippen molar-refractivity contribution in [3.05, 3.63) is 66.7 Å². The molecule has 4 nitrogen and oxygen atoms in total. The summed E-state index contributed by atoms with van der Waals surface area (Å²) in [5.74, 6) is 0. The molecule has 0 aliphatic heterocycles. The third kappa shape index (κ3) is 2.15. The average Bonchev–Trinajstić information content (AvgIpc) is 3.04. The van der Waals surface area contributed by atoms with Crippen molar-refractivity contribution in [1.82, 2.24) is 19.9 Å². The van der Waals surface area contributed by atoms with Crippen LogP contribution in [0.15, 0.2) is 61.2 Å². The highest BCUT2D eigenvalue weighted by Crippen LogP contribution is 2.29. The lowest BCUT2D eigenvalue weighted by Gasteiger charge is -2.05. The molecule has 0 radical (unpaired) electrons. The Bertz CT molecular complexity index is 942. The van der Waals surface area contributed by atoms with Crippen LogP contribution in [0.3, 0.4) is 0 Å². The number of hydrogen-bond donors (Lipinski definition) is 1. The zero-order valence-electron chi connectivity index (χ0n) is 12.1. The Kier molecular flexibility index (Phi) is 2.93. The zero-order valence-corrected chi connectivity index (χ0v) is 12.1. The number of rotatable bonds is 2. The lowest BCUT2D eigenvalue weighted by atomic mass is 10.0. The van der Waals surface area contributed by atoms with Gasteiger partial charge in [-0.25, -0.2) is 4.98 Å². The monoisotopic (exact) mass is 286 g/mol. The van der Waals surface area contributed by atoms with E-state index < -0.39 is 0 Å². The topological polar surface area (TPSA) is 54.5 Å². The van der Waals surface area contributed by atoms with Gasteiger partial charge >= 0.3 is 0 Å². The lowest BCUT2D eigenvalue weighted by Crippen LogP contribution is -1.88. The second kappa shape index (κ2) is 5.07. The summed E-state index contributed by atoms with van der Waals surface area (Å²) >= 11 is 0. The van der Waals surface area contributed by atoms with Gasteiger partial charge in [0, 0.05) is 23.3 Å². The first-order valence-corrected chi connectivity index (χ1v) is 7.13. The van der Waals surface area contributed by atoms with Gasteiger partial charge in [0.25, 0.3) is 0 Å². The predicted octanol–water partition coefficient (Wildman–Crippen LogP) is 4.00. The Hall–Kier alpha value is -3.01. The predicted molar refractivity (Wildman–Crippen MR) is 87.3 cm³/mol. The summed E-state index contributed by atoms with van der Waals surface area (Å²) in [7, 11) is 0. The van der Waals surface area contributed by atoms with Crippen molar-refractivity contribution in [1.29, 1.82) is 0 Å². The van der Waals surface area contributed by atoms with E-state index >= 15 is 0 Å². The number of nitrogens with zero attached hydrogens (tertiary/aromatic N) is 3. The van der Waals surface area contributed by atoms with Gasteiger partial charge in [0.05, 0.1) is 28.9 Å². The second-order valence-corrected chi connectivity index (χ2v) is 5.26. The Morgan fingerprint density at radius 1 is 0.955 bits per heavy atom. The van der Waals surface area contributed by atoms with Gasteiger partial charge in [-0.2, -0.15) is 0 Å². The van der Waals surface area contributed by atoms with Crippen LogP contribution in [0, 0.1) is 6.92 Å². The van der Waals surface area contributed by atoms with E-state index in [9.17, 15) is 0 Å². The fraction of sp³-hybridized carbons (Fsp3) is 0.0556. The fourth-order valence-corrected chi connectivity index (χ4v) is 2.61. The molecule has 0 amide bonds. The first-order valence-electron chi connectivity index (χ1n) is 7.13. The van der Waals surface area contributed by atoms with E-state index in [-0.39, 0.29) is 0 Å². The van der Waals surface area contributed by atoms with Gasteiger partial charge in [0.15, 0.2) is 0 Å². The van der Waals surface area contributed by atoms with E-state index in [0.29, 0.717) is 0 Å². The molecule has 0 spiro atoms. The van der Waals surface area contributed by atoms with Gasteiger partial charge in [-0.05, 0) is 42.8 Å². The highest BCUT2D eigenvalue weighted by atomic mass is 14.9. The third-order valence-corrected chi connectivity index (χ3v) is 3.65. The molecule has 0 saturated carbocycles. The first kappa shape index (κ1) is 12.7. The highest BCUT2D eigenvalue weighted by Gasteiger charge is 2.11. The number of imidazole rings is 1. The molecule has 0 saturated heterocycles. The van der Waals surface area contributed by atoms with Crippen LogP contribution in [-0.2, 0) is 0 Å².